The summed E-state index contributed by atoms with van der Waals surface area (Å²) in [6, 6.07) is 14.7. The summed E-state index contributed by atoms with van der Waals surface area (Å²) >= 11 is 14.0. The minimum absolute atomic E-state index is 0.127. The van der Waals surface area contributed by atoms with Crippen LogP contribution in [0.1, 0.15) is 60.7 Å². The Morgan fingerprint density at radius 3 is 2.43 bits per heavy atom. The first kappa shape index (κ1) is 39.8. The Bertz CT molecular complexity index is 2110. The molecule has 0 saturated carbocycles. The second kappa shape index (κ2) is 15.7. The lowest BCUT2D eigenvalue weighted by Crippen LogP contribution is -2.59. The highest BCUT2D eigenvalue weighted by atomic mass is 35.5. The molecule has 284 valence electrons. The van der Waals surface area contributed by atoms with Gasteiger partial charge in [-0.1, -0.05) is 74.3 Å². The van der Waals surface area contributed by atoms with Gasteiger partial charge in [0, 0.05) is 62.6 Å². The van der Waals surface area contributed by atoms with Crippen molar-refractivity contribution in [1.29, 1.82) is 5.26 Å². The summed E-state index contributed by atoms with van der Waals surface area (Å²) in [6.45, 7) is 17.2. The minimum Gasteiger partial charge on any atom is -0.480 e. The van der Waals surface area contributed by atoms with Gasteiger partial charge >= 0.3 is 0 Å². The molecule has 1 saturated heterocycles. The SMILES string of the molecule is COc1nc(-c2cccc(-c3cccc(NC(=O)c4cc(C#N)c5c(n4)CN(CCO[Si](C)(C)C(C)(C)C)CC5)c3Cl)c2Cl)cnc1CN1CC(C)(O)C1. The lowest BCUT2D eigenvalue weighted by Gasteiger charge is -2.44. The zero-order valence-electron chi connectivity index (χ0n) is 31.9. The molecule has 1 amide bonds. The van der Waals surface area contributed by atoms with E-state index in [1.54, 1.807) is 38.4 Å². The van der Waals surface area contributed by atoms with Crippen LogP contribution in [0.2, 0.25) is 28.2 Å². The van der Waals surface area contributed by atoms with E-state index in [-0.39, 0.29) is 10.7 Å². The van der Waals surface area contributed by atoms with E-state index >= 15 is 0 Å². The number of pyridine rings is 1. The molecule has 0 radical (unpaired) electrons. The highest BCUT2D eigenvalue weighted by Crippen LogP contribution is 2.42. The zero-order valence-corrected chi connectivity index (χ0v) is 34.4. The van der Waals surface area contributed by atoms with Crippen LogP contribution in [0.3, 0.4) is 0 Å². The number of hydrogen-bond donors (Lipinski definition) is 2. The number of hydrogen-bond acceptors (Lipinski definition) is 10. The molecule has 6 rings (SSSR count). The van der Waals surface area contributed by atoms with Gasteiger partial charge in [-0.25, -0.2) is 9.97 Å². The summed E-state index contributed by atoms with van der Waals surface area (Å²) < 4.78 is 12.0. The molecule has 54 heavy (non-hydrogen) atoms. The van der Waals surface area contributed by atoms with Crippen molar-refractivity contribution in [2.45, 2.75) is 70.9 Å². The molecule has 0 bridgehead atoms. The number of amides is 1. The number of anilines is 1. The number of carbonyl (C=O) groups excluding carboxylic acids is 1. The van der Waals surface area contributed by atoms with E-state index in [1.165, 1.54) is 0 Å². The van der Waals surface area contributed by atoms with Gasteiger partial charge in [-0.3, -0.25) is 19.6 Å². The normalized spacial score (nSPS) is 15.9. The van der Waals surface area contributed by atoms with Crippen molar-refractivity contribution in [1.82, 2.24) is 24.8 Å². The molecule has 2 aliphatic heterocycles. The zero-order chi connectivity index (χ0) is 39.0. The molecule has 11 nitrogen and oxygen atoms in total. The second-order valence-electron chi connectivity index (χ2n) is 15.9. The number of ether oxygens (including phenoxy) is 1. The largest absolute Gasteiger partial charge is 0.480 e. The number of halogens is 2. The smallest absolute Gasteiger partial charge is 0.274 e. The topological polar surface area (TPSA) is 137 Å². The third-order valence-electron chi connectivity index (χ3n) is 10.6. The summed E-state index contributed by atoms with van der Waals surface area (Å²) in [6.07, 6.45) is 2.33. The van der Waals surface area contributed by atoms with Crippen LogP contribution in [-0.2, 0) is 23.9 Å². The van der Waals surface area contributed by atoms with E-state index in [2.05, 4.69) is 60.0 Å². The monoisotopic (exact) mass is 787 g/mol. The molecule has 1 fully saturated rings. The Morgan fingerprint density at radius 2 is 1.76 bits per heavy atom. The number of fused-ring (bicyclic) bond motifs is 1. The minimum atomic E-state index is -1.88. The molecule has 4 aromatic rings. The molecule has 14 heteroatoms. The quantitative estimate of drug-likeness (QED) is 0.146. The van der Waals surface area contributed by atoms with Crippen LogP contribution >= 0.6 is 23.2 Å². The van der Waals surface area contributed by atoms with E-state index in [0.717, 1.165) is 24.3 Å². The molecular formula is C40H47Cl2N7O4Si. The second-order valence-corrected chi connectivity index (χ2v) is 21.4. The van der Waals surface area contributed by atoms with E-state index in [1.807, 2.05) is 24.3 Å². The fourth-order valence-electron chi connectivity index (χ4n) is 6.65. The maximum Gasteiger partial charge on any atom is 0.274 e. The van der Waals surface area contributed by atoms with Crippen LogP contribution in [0.5, 0.6) is 5.88 Å². The summed E-state index contributed by atoms with van der Waals surface area (Å²) in [5.74, 6) is -0.0992. The number of aliphatic hydroxyl groups is 1. The molecule has 2 aromatic carbocycles. The molecule has 0 aliphatic carbocycles. The Hall–Kier alpha value is -3.93. The van der Waals surface area contributed by atoms with Crippen molar-refractivity contribution in [3.63, 3.8) is 0 Å². The lowest BCUT2D eigenvalue weighted by molar-refractivity contribution is -0.0878. The third-order valence-corrected chi connectivity index (χ3v) is 16.0. The number of β-amino-alcohol motifs (C(OH)–C–C–N with tert-alkyl or cyclic N) is 1. The first-order chi connectivity index (χ1) is 25.5. The fourth-order valence-corrected chi connectivity index (χ4v) is 8.28. The number of likely N-dealkylation sites (tertiary alicyclic amines) is 1. The van der Waals surface area contributed by atoms with Crippen molar-refractivity contribution in [3.05, 3.63) is 86.9 Å². The number of methoxy groups -OCH3 is 1. The first-order valence-electron chi connectivity index (χ1n) is 18.0. The standard InChI is InChI=1S/C40H47Cl2N7O4Si/c1-39(2,3)54(6,7)53-17-16-48-15-14-26-25(19-43)18-31(45-33(26)21-48)37(50)46-30-13-9-11-28(36(30)42)27-10-8-12-29(35(27)41)32-20-44-34(38(47-32)52-5)22-49-23-40(4,51)24-49/h8-13,18,20,51H,14-17,21-24H2,1-7H3,(H,46,50). The van der Waals surface area contributed by atoms with Gasteiger partial charge in [-0.05, 0) is 49.2 Å². The Balaban J connectivity index is 1.19. The molecule has 2 aromatic heterocycles. The van der Waals surface area contributed by atoms with Crippen molar-refractivity contribution >= 4 is 43.1 Å². The maximum absolute atomic E-state index is 13.7. The molecule has 4 heterocycles. The van der Waals surface area contributed by atoms with Crippen molar-refractivity contribution in [3.8, 4) is 34.3 Å². The maximum atomic E-state index is 13.7. The molecule has 0 unspecified atom stereocenters. The van der Waals surface area contributed by atoms with E-state index in [9.17, 15) is 15.2 Å². The van der Waals surface area contributed by atoms with Gasteiger partial charge in [0.05, 0.1) is 57.7 Å². The van der Waals surface area contributed by atoms with Crippen LogP contribution in [0.25, 0.3) is 22.4 Å². The number of carbonyl (C=O) groups is 1. The van der Waals surface area contributed by atoms with Gasteiger partial charge in [0.2, 0.25) is 5.88 Å². The van der Waals surface area contributed by atoms with Gasteiger partial charge in [-0.15, -0.1) is 0 Å². The number of nitriles is 1. The summed E-state index contributed by atoms with van der Waals surface area (Å²) in [4.78, 5) is 32.1. The van der Waals surface area contributed by atoms with Crippen LogP contribution in [0.15, 0.2) is 48.7 Å². The number of aromatic nitrogens is 3. The van der Waals surface area contributed by atoms with E-state index < -0.39 is 19.8 Å². The predicted molar refractivity (Wildman–Crippen MR) is 214 cm³/mol. The number of rotatable bonds is 11. The lowest BCUT2D eigenvalue weighted by atomic mass is 9.97. The molecule has 0 spiro atoms. The first-order valence-corrected chi connectivity index (χ1v) is 21.7. The van der Waals surface area contributed by atoms with Crippen molar-refractivity contribution in [2.24, 2.45) is 0 Å². The Kier molecular flexibility index (Phi) is 11.5. The van der Waals surface area contributed by atoms with Gasteiger partial charge < -0.3 is 19.6 Å². The van der Waals surface area contributed by atoms with E-state index in [0.29, 0.717) is 94.5 Å². The summed E-state index contributed by atoms with van der Waals surface area (Å²) in [5, 5.41) is 23.9. The number of benzene rings is 2. The predicted octanol–water partition coefficient (Wildman–Crippen LogP) is 7.59. The average molecular weight is 789 g/mol. The average Bonchev–Trinajstić information content (AvgIpc) is 3.11. The molecular weight excluding hydrogens is 741 g/mol. The fraction of sp³-hybridized carbons (Fsp3) is 0.425. The van der Waals surface area contributed by atoms with Gasteiger partial charge in [0.15, 0.2) is 8.32 Å². The van der Waals surface area contributed by atoms with E-state index in [4.69, 9.17) is 42.3 Å². The Morgan fingerprint density at radius 1 is 1.07 bits per heavy atom. The highest BCUT2D eigenvalue weighted by molar-refractivity contribution is 6.74. The van der Waals surface area contributed by atoms with Crippen LogP contribution in [0.4, 0.5) is 5.69 Å². The van der Waals surface area contributed by atoms with Crippen LogP contribution in [-0.4, -0.2) is 89.6 Å². The highest BCUT2D eigenvalue weighted by Gasteiger charge is 2.38. The number of nitrogens with zero attached hydrogens (tertiary/aromatic N) is 6. The number of nitrogens with one attached hydrogen (secondary N) is 1. The van der Waals surface area contributed by atoms with Gasteiger partial charge in [-0.2, -0.15) is 5.26 Å². The Labute approximate surface area is 328 Å². The van der Waals surface area contributed by atoms with Crippen LogP contribution < -0.4 is 10.1 Å². The third kappa shape index (κ3) is 8.48. The molecule has 2 aliphatic rings. The molecule has 2 N–H and O–H groups in total. The van der Waals surface area contributed by atoms with Gasteiger partial charge in [0.1, 0.15) is 11.4 Å². The summed E-state index contributed by atoms with van der Waals surface area (Å²) in [5.41, 5.74) is 4.93. The van der Waals surface area contributed by atoms with Crippen molar-refractivity contribution in [2.75, 3.05) is 45.2 Å². The van der Waals surface area contributed by atoms with Crippen LogP contribution in [0, 0.1) is 11.3 Å². The molecule has 0 atom stereocenters. The summed E-state index contributed by atoms with van der Waals surface area (Å²) in [7, 11) is -0.331. The van der Waals surface area contributed by atoms with Crippen molar-refractivity contribution < 1.29 is 19.1 Å². The van der Waals surface area contributed by atoms with Gasteiger partial charge in [0.25, 0.3) is 5.91 Å².